The van der Waals surface area contributed by atoms with E-state index >= 15 is 0 Å². The second kappa shape index (κ2) is 7.84. The van der Waals surface area contributed by atoms with Crippen molar-refractivity contribution < 1.29 is 4.79 Å². The fraction of sp³-hybridized carbons (Fsp3) is 0.318. The van der Waals surface area contributed by atoms with E-state index < -0.39 is 0 Å². The lowest BCUT2D eigenvalue weighted by Crippen LogP contribution is -2.42. The SMILES string of the molecule is Cc1ccccc1NC(=O)N(Cc1nc2ccccc2c(=O)[nH]1)C1CCCC1. The minimum Gasteiger partial charge on any atom is -0.314 e. The Labute approximate surface area is 163 Å². The topological polar surface area (TPSA) is 78.1 Å². The zero-order valence-electron chi connectivity index (χ0n) is 15.9. The molecule has 28 heavy (non-hydrogen) atoms. The fourth-order valence-corrected chi connectivity index (χ4v) is 3.85. The molecule has 1 heterocycles. The maximum absolute atomic E-state index is 13.1. The third-order valence-electron chi connectivity index (χ3n) is 5.40. The number of carbonyl (C=O) groups excluding carboxylic acids is 1. The highest BCUT2D eigenvalue weighted by molar-refractivity contribution is 5.90. The van der Waals surface area contributed by atoms with Crippen molar-refractivity contribution in [2.45, 2.75) is 45.2 Å². The van der Waals surface area contributed by atoms with Gasteiger partial charge in [0.15, 0.2) is 0 Å². The van der Waals surface area contributed by atoms with Gasteiger partial charge in [-0.05, 0) is 43.5 Å². The molecule has 4 rings (SSSR count). The van der Waals surface area contributed by atoms with Crippen molar-refractivity contribution in [1.29, 1.82) is 0 Å². The molecular weight excluding hydrogens is 352 g/mol. The summed E-state index contributed by atoms with van der Waals surface area (Å²) in [6.45, 7) is 2.25. The highest BCUT2D eigenvalue weighted by atomic mass is 16.2. The summed E-state index contributed by atoms with van der Waals surface area (Å²) in [6, 6.07) is 15.0. The highest BCUT2D eigenvalue weighted by Gasteiger charge is 2.28. The number of amides is 2. The minimum absolute atomic E-state index is 0.154. The number of rotatable bonds is 4. The van der Waals surface area contributed by atoms with E-state index in [9.17, 15) is 9.59 Å². The molecule has 1 aliphatic carbocycles. The summed E-state index contributed by atoms with van der Waals surface area (Å²) in [5.74, 6) is 0.510. The summed E-state index contributed by atoms with van der Waals surface area (Å²) in [5, 5.41) is 3.58. The van der Waals surface area contributed by atoms with Gasteiger partial charge in [-0.3, -0.25) is 4.79 Å². The number of para-hydroxylation sites is 2. The molecular formula is C22H24N4O2. The normalized spacial score (nSPS) is 14.3. The minimum atomic E-state index is -0.175. The quantitative estimate of drug-likeness (QED) is 0.716. The van der Waals surface area contributed by atoms with Crippen LogP contribution in [0.2, 0.25) is 0 Å². The summed E-state index contributed by atoms with van der Waals surface area (Å²) < 4.78 is 0. The van der Waals surface area contributed by atoms with Gasteiger partial charge in [-0.2, -0.15) is 0 Å². The first-order valence-electron chi connectivity index (χ1n) is 9.73. The Hall–Kier alpha value is -3.15. The maximum Gasteiger partial charge on any atom is 0.322 e. The van der Waals surface area contributed by atoms with Crippen LogP contribution in [0.15, 0.2) is 53.3 Å². The molecule has 0 atom stereocenters. The summed E-state index contributed by atoms with van der Waals surface area (Å²) in [4.78, 5) is 34.7. The van der Waals surface area contributed by atoms with Crippen LogP contribution in [0.25, 0.3) is 10.9 Å². The van der Waals surface area contributed by atoms with Crippen LogP contribution in [0.3, 0.4) is 0 Å². The van der Waals surface area contributed by atoms with Crippen LogP contribution < -0.4 is 10.9 Å². The Morgan fingerprint density at radius 3 is 2.64 bits per heavy atom. The number of carbonyl (C=O) groups is 1. The van der Waals surface area contributed by atoms with Crippen LogP contribution in [0, 0.1) is 6.92 Å². The van der Waals surface area contributed by atoms with Crippen molar-refractivity contribution >= 4 is 22.6 Å². The predicted octanol–water partition coefficient (Wildman–Crippen LogP) is 4.21. The molecule has 6 nitrogen and oxygen atoms in total. The Balaban J connectivity index is 1.62. The molecule has 1 saturated carbocycles. The lowest BCUT2D eigenvalue weighted by atomic mass is 10.2. The van der Waals surface area contributed by atoms with E-state index in [0.29, 0.717) is 16.7 Å². The third kappa shape index (κ3) is 3.76. The van der Waals surface area contributed by atoms with Crippen LogP contribution >= 0.6 is 0 Å². The summed E-state index contributed by atoms with van der Waals surface area (Å²) in [6.07, 6.45) is 4.17. The van der Waals surface area contributed by atoms with Crippen molar-refractivity contribution in [3.63, 3.8) is 0 Å². The summed E-state index contributed by atoms with van der Waals surface area (Å²) in [7, 11) is 0. The molecule has 2 amide bonds. The average Bonchev–Trinajstić information content (AvgIpc) is 3.22. The first kappa shape index (κ1) is 18.2. The average molecular weight is 376 g/mol. The number of fused-ring (bicyclic) bond motifs is 1. The molecule has 1 fully saturated rings. The number of aryl methyl sites for hydroxylation is 1. The van der Waals surface area contributed by atoms with Crippen LogP contribution in [-0.4, -0.2) is 26.9 Å². The van der Waals surface area contributed by atoms with Crippen molar-refractivity contribution in [3.05, 3.63) is 70.3 Å². The molecule has 0 spiro atoms. The van der Waals surface area contributed by atoms with E-state index in [4.69, 9.17) is 0 Å². The molecule has 1 aromatic heterocycles. The first-order chi connectivity index (χ1) is 13.6. The summed E-state index contributed by atoms with van der Waals surface area (Å²) >= 11 is 0. The van der Waals surface area contributed by atoms with Gasteiger partial charge in [-0.1, -0.05) is 43.2 Å². The maximum atomic E-state index is 13.1. The standard InChI is InChI=1S/C22H24N4O2/c1-15-8-2-6-12-18(15)24-22(28)26(16-9-3-4-10-16)14-20-23-19-13-7-5-11-17(19)21(27)25-20/h2,5-8,11-13,16H,3-4,9-10,14H2,1H3,(H,24,28)(H,23,25,27). The molecule has 2 N–H and O–H groups in total. The second-order valence-electron chi connectivity index (χ2n) is 7.34. The molecule has 1 aliphatic rings. The lowest BCUT2D eigenvalue weighted by molar-refractivity contribution is 0.182. The molecule has 3 aromatic rings. The second-order valence-corrected chi connectivity index (χ2v) is 7.34. The molecule has 2 aromatic carbocycles. The van der Waals surface area contributed by atoms with E-state index in [1.165, 1.54) is 0 Å². The number of urea groups is 1. The number of nitrogens with zero attached hydrogens (tertiary/aromatic N) is 2. The van der Waals surface area contributed by atoms with Crippen LogP contribution in [0.5, 0.6) is 0 Å². The van der Waals surface area contributed by atoms with Gasteiger partial charge in [0.1, 0.15) is 5.82 Å². The van der Waals surface area contributed by atoms with E-state index in [1.54, 1.807) is 6.07 Å². The van der Waals surface area contributed by atoms with Gasteiger partial charge in [0.25, 0.3) is 5.56 Å². The molecule has 0 radical (unpaired) electrons. The van der Waals surface area contributed by atoms with Gasteiger partial charge < -0.3 is 15.2 Å². The van der Waals surface area contributed by atoms with Gasteiger partial charge >= 0.3 is 6.03 Å². The largest absolute Gasteiger partial charge is 0.322 e. The number of H-pyrrole nitrogens is 1. The van der Waals surface area contributed by atoms with Gasteiger partial charge in [0, 0.05) is 11.7 Å². The molecule has 6 heteroatoms. The third-order valence-corrected chi connectivity index (χ3v) is 5.40. The van der Waals surface area contributed by atoms with Crippen molar-refractivity contribution in [1.82, 2.24) is 14.9 Å². The Kier molecular flexibility index (Phi) is 5.10. The monoisotopic (exact) mass is 376 g/mol. The number of benzene rings is 2. The highest BCUT2D eigenvalue weighted by Crippen LogP contribution is 2.26. The molecule has 144 valence electrons. The van der Waals surface area contributed by atoms with E-state index in [-0.39, 0.29) is 24.2 Å². The van der Waals surface area contributed by atoms with E-state index in [0.717, 1.165) is 36.9 Å². The zero-order valence-corrected chi connectivity index (χ0v) is 15.9. The molecule has 0 bridgehead atoms. The molecule has 0 unspecified atom stereocenters. The van der Waals surface area contributed by atoms with Crippen molar-refractivity contribution in [2.75, 3.05) is 5.32 Å². The number of anilines is 1. The van der Waals surface area contributed by atoms with Crippen LogP contribution in [-0.2, 0) is 6.54 Å². The number of aromatic nitrogens is 2. The van der Waals surface area contributed by atoms with Crippen LogP contribution in [0.1, 0.15) is 37.1 Å². The van der Waals surface area contributed by atoms with Gasteiger partial charge in [0.2, 0.25) is 0 Å². The van der Waals surface area contributed by atoms with Gasteiger partial charge in [-0.25, -0.2) is 9.78 Å². The van der Waals surface area contributed by atoms with Crippen molar-refractivity contribution in [2.24, 2.45) is 0 Å². The fourth-order valence-electron chi connectivity index (χ4n) is 3.85. The molecule has 0 aliphatic heterocycles. The zero-order chi connectivity index (χ0) is 19.5. The molecule has 0 saturated heterocycles. The number of aromatic amines is 1. The first-order valence-corrected chi connectivity index (χ1v) is 9.73. The predicted molar refractivity (Wildman–Crippen MR) is 110 cm³/mol. The number of hydrogen-bond acceptors (Lipinski definition) is 3. The van der Waals surface area contributed by atoms with Crippen LogP contribution in [0.4, 0.5) is 10.5 Å². The van der Waals surface area contributed by atoms with Gasteiger partial charge in [0.05, 0.1) is 17.4 Å². The smallest absolute Gasteiger partial charge is 0.314 e. The number of hydrogen-bond donors (Lipinski definition) is 2. The lowest BCUT2D eigenvalue weighted by Gasteiger charge is -2.29. The van der Waals surface area contributed by atoms with Gasteiger partial charge in [-0.15, -0.1) is 0 Å². The Bertz CT molecular complexity index is 1050. The Morgan fingerprint density at radius 2 is 1.86 bits per heavy atom. The summed E-state index contributed by atoms with van der Waals surface area (Å²) in [5.41, 5.74) is 2.29. The van der Waals surface area contributed by atoms with E-state index in [1.807, 2.05) is 54.3 Å². The van der Waals surface area contributed by atoms with E-state index in [2.05, 4.69) is 15.3 Å². The van der Waals surface area contributed by atoms with Crippen molar-refractivity contribution in [3.8, 4) is 0 Å². The Morgan fingerprint density at radius 1 is 1.14 bits per heavy atom. The number of nitrogens with one attached hydrogen (secondary N) is 2.